The zero-order valence-electron chi connectivity index (χ0n) is 13.0. The van der Waals surface area contributed by atoms with Crippen molar-refractivity contribution in [2.45, 2.75) is 26.0 Å². The van der Waals surface area contributed by atoms with Crippen LogP contribution in [-0.2, 0) is 9.59 Å². The topological polar surface area (TPSA) is 70.7 Å². The Morgan fingerprint density at radius 1 is 1.41 bits per heavy atom. The summed E-state index contributed by atoms with van der Waals surface area (Å²) < 4.78 is 5.54. The number of halogens is 1. The summed E-state index contributed by atoms with van der Waals surface area (Å²) in [4.78, 5) is 25.7. The fraction of sp³-hybridized carbons (Fsp3) is 0.467. The van der Waals surface area contributed by atoms with Crippen LogP contribution in [0, 0.1) is 0 Å². The number of hydrogen-bond donors (Lipinski definition) is 2. The van der Waals surface area contributed by atoms with E-state index < -0.39 is 6.10 Å². The molecule has 0 saturated carbocycles. The van der Waals surface area contributed by atoms with Crippen LogP contribution in [0.3, 0.4) is 0 Å². The minimum absolute atomic E-state index is 0. The molecule has 0 bridgehead atoms. The highest BCUT2D eigenvalue weighted by Gasteiger charge is 2.32. The number of ether oxygens (including phenoxy) is 1. The molecule has 0 radical (unpaired) electrons. The molecule has 1 aromatic rings. The molecule has 0 aliphatic carbocycles. The summed E-state index contributed by atoms with van der Waals surface area (Å²) in [6.07, 6.45) is -0.580. The first kappa shape index (κ1) is 18.3. The molecule has 22 heavy (non-hydrogen) atoms. The van der Waals surface area contributed by atoms with Gasteiger partial charge >= 0.3 is 0 Å². The highest BCUT2D eigenvalue weighted by atomic mass is 35.5. The van der Waals surface area contributed by atoms with E-state index in [0.29, 0.717) is 18.0 Å². The lowest BCUT2D eigenvalue weighted by Gasteiger charge is -2.32. The summed E-state index contributed by atoms with van der Waals surface area (Å²) in [5.74, 6) is 0.237. The molecule has 122 valence electrons. The Morgan fingerprint density at radius 3 is 2.77 bits per heavy atom. The Labute approximate surface area is 136 Å². The third-order valence-electron chi connectivity index (χ3n) is 3.47. The van der Waals surface area contributed by atoms with Crippen molar-refractivity contribution in [3.05, 3.63) is 24.3 Å². The number of fused-ring (bicyclic) bond motifs is 1. The SMILES string of the molecule is CNC(C)CNC(=O)CN1C(=O)C(C)Oc2ccccc21.Cl. The summed E-state index contributed by atoms with van der Waals surface area (Å²) in [7, 11) is 1.83. The maximum absolute atomic E-state index is 12.2. The number of para-hydroxylation sites is 2. The van der Waals surface area contributed by atoms with Gasteiger partial charge in [-0.15, -0.1) is 12.4 Å². The van der Waals surface area contributed by atoms with Crippen molar-refractivity contribution in [2.75, 3.05) is 25.0 Å². The van der Waals surface area contributed by atoms with Crippen molar-refractivity contribution in [1.82, 2.24) is 10.6 Å². The molecule has 6 nitrogen and oxygen atoms in total. The molecule has 0 aromatic heterocycles. The molecule has 0 saturated heterocycles. The highest BCUT2D eigenvalue weighted by Crippen LogP contribution is 2.33. The molecule has 2 rings (SSSR count). The molecule has 0 spiro atoms. The van der Waals surface area contributed by atoms with Crippen molar-refractivity contribution < 1.29 is 14.3 Å². The maximum atomic E-state index is 12.2. The summed E-state index contributed by atoms with van der Waals surface area (Å²) in [6.45, 7) is 4.18. The van der Waals surface area contributed by atoms with Crippen LogP contribution in [0.5, 0.6) is 5.75 Å². The van der Waals surface area contributed by atoms with Gasteiger partial charge in [-0.1, -0.05) is 12.1 Å². The summed E-state index contributed by atoms with van der Waals surface area (Å²) in [5.41, 5.74) is 0.636. The second-order valence-corrected chi connectivity index (χ2v) is 5.15. The minimum atomic E-state index is -0.580. The largest absolute Gasteiger partial charge is 0.479 e. The lowest BCUT2D eigenvalue weighted by molar-refractivity contribution is -0.128. The fourth-order valence-electron chi connectivity index (χ4n) is 2.09. The van der Waals surface area contributed by atoms with Gasteiger partial charge in [-0.3, -0.25) is 14.5 Å². The molecule has 2 atom stereocenters. The lowest BCUT2D eigenvalue weighted by atomic mass is 10.2. The zero-order chi connectivity index (χ0) is 15.4. The van der Waals surface area contributed by atoms with Gasteiger partial charge in [0.2, 0.25) is 5.91 Å². The molecular weight excluding hydrogens is 306 g/mol. The first-order chi connectivity index (χ1) is 10.0. The lowest BCUT2D eigenvalue weighted by Crippen LogP contribution is -2.49. The van der Waals surface area contributed by atoms with Crippen LogP contribution in [0.25, 0.3) is 0 Å². The van der Waals surface area contributed by atoms with Crippen LogP contribution in [-0.4, -0.2) is 44.1 Å². The molecule has 2 N–H and O–H groups in total. The van der Waals surface area contributed by atoms with Gasteiger partial charge in [0.25, 0.3) is 5.91 Å². The Bertz CT molecular complexity index is 539. The van der Waals surface area contributed by atoms with Crippen molar-refractivity contribution in [3.8, 4) is 5.75 Å². The molecule has 1 aliphatic heterocycles. The van der Waals surface area contributed by atoms with Crippen LogP contribution in [0.2, 0.25) is 0 Å². The van der Waals surface area contributed by atoms with Crippen molar-refractivity contribution >= 4 is 29.9 Å². The third-order valence-corrected chi connectivity index (χ3v) is 3.47. The van der Waals surface area contributed by atoms with Gasteiger partial charge < -0.3 is 15.4 Å². The van der Waals surface area contributed by atoms with Crippen LogP contribution >= 0.6 is 12.4 Å². The van der Waals surface area contributed by atoms with Gasteiger partial charge in [-0.05, 0) is 33.0 Å². The van der Waals surface area contributed by atoms with Gasteiger partial charge in [-0.2, -0.15) is 0 Å². The van der Waals surface area contributed by atoms with Crippen molar-refractivity contribution in [2.24, 2.45) is 0 Å². The molecule has 2 unspecified atom stereocenters. The maximum Gasteiger partial charge on any atom is 0.268 e. The summed E-state index contributed by atoms with van der Waals surface area (Å²) in [6, 6.07) is 7.42. The first-order valence-electron chi connectivity index (χ1n) is 7.04. The quantitative estimate of drug-likeness (QED) is 0.844. The third kappa shape index (κ3) is 4.11. The predicted molar refractivity (Wildman–Crippen MR) is 87.7 cm³/mol. The fourth-order valence-corrected chi connectivity index (χ4v) is 2.09. The van der Waals surface area contributed by atoms with Crippen LogP contribution in [0.1, 0.15) is 13.8 Å². The van der Waals surface area contributed by atoms with E-state index in [0.717, 1.165) is 0 Å². The number of nitrogens with zero attached hydrogens (tertiary/aromatic N) is 1. The number of carbonyl (C=O) groups is 2. The molecular formula is C15H22ClN3O3. The Morgan fingerprint density at radius 2 is 2.09 bits per heavy atom. The monoisotopic (exact) mass is 327 g/mol. The predicted octanol–water partition coefficient (Wildman–Crippen LogP) is 0.946. The van der Waals surface area contributed by atoms with E-state index in [2.05, 4.69) is 10.6 Å². The number of nitrogens with one attached hydrogen (secondary N) is 2. The van der Waals surface area contributed by atoms with Gasteiger partial charge in [0.1, 0.15) is 12.3 Å². The van der Waals surface area contributed by atoms with Gasteiger partial charge in [0, 0.05) is 12.6 Å². The zero-order valence-corrected chi connectivity index (χ0v) is 13.8. The Balaban J connectivity index is 0.00000242. The molecule has 7 heteroatoms. The standard InChI is InChI=1S/C15H21N3O3.ClH/c1-10(16-3)8-17-14(19)9-18-12-6-4-5-7-13(12)21-11(2)15(18)20;/h4-7,10-11,16H,8-9H2,1-3H3,(H,17,19);1H. The number of amides is 2. The van der Waals surface area contributed by atoms with Crippen molar-refractivity contribution in [1.29, 1.82) is 0 Å². The van der Waals surface area contributed by atoms with Gasteiger partial charge in [0.15, 0.2) is 6.10 Å². The second kappa shape index (κ2) is 8.00. The minimum Gasteiger partial charge on any atom is -0.479 e. The molecule has 0 fully saturated rings. The molecule has 1 aliphatic rings. The Kier molecular flexibility index (Phi) is 6.64. The van der Waals surface area contributed by atoms with Crippen LogP contribution in [0.15, 0.2) is 24.3 Å². The van der Waals surface area contributed by atoms with Crippen LogP contribution < -0.4 is 20.3 Å². The van der Waals surface area contributed by atoms with Crippen LogP contribution in [0.4, 0.5) is 5.69 Å². The normalized spacial score (nSPS) is 17.9. The first-order valence-corrected chi connectivity index (χ1v) is 7.04. The highest BCUT2D eigenvalue weighted by molar-refractivity contribution is 6.03. The smallest absolute Gasteiger partial charge is 0.268 e. The van der Waals surface area contributed by atoms with Gasteiger partial charge in [0.05, 0.1) is 5.69 Å². The van der Waals surface area contributed by atoms with E-state index in [-0.39, 0.29) is 36.8 Å². The van der Waals surface area contributed by atoms with E-state index in [1.54, 1.807) is 19.1 Å². The molecule has 1 heterocycles. The summed E-state index contributed by atoms with van der Waals surface area (Å²) >= 11 is 0. The van der Waals surface area contributed by atoms with E-state index in [1.165, 1.54) is 4.90 Å². The molecule has 1 aromatic carbocycles. The second-order valence-electron chi connectivity index (χ2n) is 5.15. The van der Waals surface area contributed by atoms with Crippen molar-refractivity contribution in [3.63, 3.8) is 0 Å². The van der Waals surface area contributed by atoms with Gasteiger partial charge in [-0.25, -0.2) is 0 Å². The Hall–Kier alpha value is -1.79. The van der Waals surface area contributed by atoms with E-state index in [1.807, 2.05) is 26.1 Å². The van der Waals surface area contributed by atoms with E-state index in [4.69, 9.17) is 4.74 Å². The number of benzene rings is 1. The number of carbonyl (C=O) groups excluding carboxylic acids is 2. The molecule has 2 amide bonds. The average molecular weight is 328 g/mol. The number of likely N-dealkylation sites (N-methyl/N-ethyl adjacent to an activating group) is 1. The van der Waals surface area contributed by atoms with E-state index in [9.17, 15) is 9.59 Å². The summed E-state index contributed by atoms with van der Waals surface area (Å²) in [5, 5.41) is 5.85. The van der Waals surface area contributed by atoms with E-state index >= 15 is 0 Å². The number of rotatable bonds is 5. The average Bonchev–Trinajstić information content (AvgIpc) is 2.49. The number of hydrogen-bond acceptors (Lipinski definition) is 4. The number of anilines is 1.